The Hall–Kier alpha value is -6.94. The lowest BCUT2D eigenvalue weighted by Crippen LogP contribution is -1.92. The molecule has 0 bridgehead atoms. The van der Waals surface area contributed by atoms with Crippen molar-refractivity contribution >= 4 is 64.1 Å². The van der Waals surface area contributed by atoms with Crippen LogP contribution in [0.25, 0.3) is 109 Å². The van der Waals surface area contributed by atoms with Crippen LogP contribution >= 0.6 is 11.3 Å². The predicted molar refractivity (Wildman–Crippen MR) is 235 cm³/mol. The van der Waals surface area contributed by atoms with E-state index in [-0.39, 0.29) is 0 Å². The van der Waals surface area contributed by atoms with Crippen LogP contribution in [0.1, 0.15) is 0 Å². The molecule has 0 saturated carbocycles. The van der Waals surface area contributed by atoms with Crippen molar-refractivity contribution in [2.24, 2.45) is 0 Å². The third-order valence-corrected chi connectivity index (χ3v) is 12.1. The summed E-state index contributed by atoms with van der Waals surface area (Å²) in [5, 5.41) is 7.23. The van der Waals surface area contributed by atoms with Gasteiger partial charge in [0.2, 0.25) is 0 Å². The molecule has 0 atom stereocenters. The van der Waals surface area contributed by atoms with Crippen LogP contribution in [-0.2, 0) is 0 Å². The highest BCUT2D eigenvalue weighted by Gasteiger charge is 2.16. The van der Waals surface area contributed by atoms with Gasteiger partial charge in [0.25, 0.3) is 0 Å². The highest BCUT2D eigenvalue weighted by Crippen LogP contribution is 2.44. The standard InChI is InChI=1S/C52H32N2S/c1-3-13-33(14-4-1)37-25-26-49-46(29-37)47-31-40(34-15-5-2-6-16-34)30-45(52(47)55-49)38-19-11-17-35(27-38)36-18-12-20-39(28-36)48-32-53-50-43-23-9-7-21-41(43)42-22-8-10-24-44(42)51(50)54-48/h1-32H. The third kappa shape index (κ3) is 5.40. The minimum Gasteiger partial charge on any atom is -0.252 e. The fraction of sp³-hybridized carbons (Fsp3) is 0. The summed E-state index contributed by atoms with van der Waals surface area (Å²) in [5.74, 6) is 0. The molecule has 0 N–H and O–H groups in total. The summed E-state index contributed by atoms with van der Waals surface area (Å²) in [5.41, 5.74) is 13.4. The van der Waals surface area contributed by atoms with Crippen molar-refractivity contribution in [3.63, 3.8) is 0 Å². The van der Waals surface area contributed by atoms with Crippen LogP contribution < -0.4 is 0 Å². The number of hydrogen-bond acceptors (Lipinski definition) is 3. The molecule has 2 nitrogen and oxygen atoms in total. The van der Waals surface area contributed by atoms with E-state index < -0.39 is 0 Å². The van der Waals surface area contributed by atoms with Crippen molar-refractivity contribution in [3.8, 4) is 55.8 Å². The second-order valence-electron chi connectivity index (χ2n) is 14.2. The van der Waals surface area contributed by atoms with Gasteiger partial charge in [-0.05, 0) is 86.1 Å². The first-order valence-corrected chi connectivity index (χ1v) is 19.5. The molecule has 11 aromatic rings. The van der Waals surface area contributed by atoms with Gasteiger partial charge >= 0.3 is 0 Å². The van der Waals surface area contributed by atoms with E-state index >= 15 is 0 Å². The Balaban J connectivity index is 1.04. The molecule has 0 unspecified atom stereocenters. The summed E-state index contributed by atoms with van der Waals surface area (Å²) in [7, 11) is 0. The zero-order valence-electron chi connectivity index (χ0n) is 29.8. The Morgan fingerprint density at radius 3 is 1.56 bits per heavy atom. The molecule has 0 saturated heterocycles. The Morgan fingerprint density at radius 1 is 0.327 bits per heavy atom. The summed E-state index contributed by atoms with van der Waals surface area (Å²) in [4.78, 5) is 10.3. The average Bonchev–Trinajstić information content (AvgIpc) is 3.65. The van der Waals surface area contributed by atoms with Crippen LogP contribution in [-0.4, -0.2) is 9.97 Å². The fourth-order valence-corrected chi connectivity index (χ4v) is 9.39. The Kier molecular flexibility index (Phi) is 7.39. The second kappa shape index (κ2) is 12.9. The van der Waals surface area contributed by atoms with E-state index in [9.17, 15) is 0 Å². The lowest BCUT2D eigenvalue weighted by Gasteiger charge is -2.12. The Morgan fingerprint density at radius 2 is 0.855 bits per heavy atom. The minimum atomic E-state index is 0.864. The summed E-state index contributed by atoms with van der Waals surface area (Å²) in [6.45, 7) is 0. The van der Waals surface area contributed by atoms with Gasteiger partial charge in [-0.1, -0.05) is 152 Å². The zero-order valence-corrected chi connectivity index (χ0v) is 30.6. The molecule has 0 radical (unpaired) electrons. The highest BCUT2D eigenvalue weighted by molar-refractivity contribution is 7.26. The summed E-state index contributed by atoms with van der Waals surface area (Å²) >= 11 is 1.88. The maximum atomic E-state index is 5.28. The lowest BCUT2D eigenvalue weighted by atomic mass is 9.93. The number of benzene rings is 9. The molecule has 3 heteroatoms. The highest BCUT2D eigenvalue weighted by atomic mass is 32.1. The van der Waals surface area contributed by atoms with Gasteiger partial charge in [-0.15, -0.1) is 11.3 Å². The predicted octanol–water partition coefficient (Wildman–Crippen LogP) is 14.6. The third-order valence-electron chi connectivity index (χ3n) is 10.9. The molecule has 2 heterocycles. The molecule has 0 spiro atoms. The van der Waals surface area contributed by atoms with Gasteiger partial charge in [0.05, 0.1) is 22.9 Å². The van der Waals surface area contributed by atoms with Crippen molar-refractivity contribution in [1.82, 2.24) is 9.97 Å². The van der Waals surface area contributed by atoms with Gasteiger partial charge in [-0.2, -0.15) is 0 Å². The number of aromatic nitrogens is 2. The Bertz CT molecular complexity index is 3220. The molecule has 0 fully saturated rings. The number of nitrogens with zero attached hydrogens (tertiary/aromatic N) is 2. The number of rotatable bonds is 5. The maximum Gasteiger partial charge on any atom is 0.0979 e. The minimum absolute atomic E-state index is 0.864. The van der Waals surface area contributed by atoms with Gasteiger partial charge < -0.3 is 0 Å². The normalized spacial score (nSPS) is 11.6. The van der Waals surface area contributed by atoms with E-state index in [0.717, 1.165) is 44.2 Å². The van der Waals surface area contributed by atoms with Gasteiger partial charge in [-0.25, -0.2) is 4.98 Å². The van der Waals surface area contributed by atoms with Crippen molar-refractivity contribution in [3.05, 3.63) is 194 Å². The fourth-order valence-electron chi connectivity index (χ4n) is 8.19. The number of hydrogen-bond donors (Lipinski definition) is 0. The molecular formula is C52H32N2S. The summed E-state index contributed by atoms with van der Waals surface area (Å²) < 4.78 is 2.60. The zero-order chi connectivity index (χ0) is 36.3. The molecule has 2 aromatic heterocycles. The van der Waals surface area contributed by atoms with Gasteiger partial charge in [0.15, 0.2) is 0 Å². The molecule has 55 heavy (non-hydrogen) atoms. The van der Waals surface area contributed by atoms with Gasteiger partial charge in [0.1, 0.15) is 0 Å². The first kappa shape index (κ1) is 31.6. The first-order chi connectivity index (χ1) is 27.2. The molecule has 256 valence electrons. The van der Waals surface area contributed by atoms with Crippen molar-refractivity contribution in [2.75, 3.05) is 0 Å². The number of fused-ring (bicyclic) bond motifs is 9. The molecule has 0 aliphatic carbocycles. The Labute approximate surface area is 322 Å². The van der Waals surface area contributed by atoms with Crippen LogP contribution in [0.5, 0.6) is 0 Å². The van der Waals surface area contributed by atoms with Crippen LogP contribution in [0.2, 0.25) is 0 Å². The van der Waals surface area contributed by atoms with E-state index in [0.29, 0.717) is 0 Å². The van der Waals surface area contributed by atoms with Crippen LogP contribution in [0.3, 0.4) is 0 Å². The monoisotopic (exact) mass is 716 g/mol. The van der Waals surface area contributed by atoms with Crippen LogP contribution in [0, 0.1) is 0 Å². The van der Waals surface area contributed by atoms with Crippen molar-refractivity contribution in [2.45, 2.75) is 0 Å². The van der Waals surface area contributed by atoms with Crippen LogP contribution in [0.15, 0.2) is 194 Å². The summed E-state index contributed by atoms with van der Waals surface area (Å²) in [6, 6.07) is 67.8. The smallest absolute Gasteiger partial charge is 0.0979 e. The maximum absolute atomic E-state index is 5.28. The molecule has 0 amide bonds. The van der Waals surface area contributed by atoms with E-state index in [1.165, 1.54) is 64.3 Å². The average molecular weight is 717 g/mol. The first-order valence-electron chi connectivity index (χ1n) is 18.6. The van der Waals surface area contributed by atoms with Crippen molar-refractivity contribution in [1.29, 1.82) is 0 Å². The molecule has 0 aliphatic heterocycles. The molecule has 11 rings (SSSR count). The quantitative estimate of drug-likeness (QED) is 0.166. The lowest BCUT2D eigenvalue weighted by molar-refractivity contribution is 1.31. The summed E-state index contributed by atoms with van der Waals surface area (Å²) in [6.07, 6.45) is 1.93. The SMILES string of the molecule is c1ccc(-c2ccc3sc4c(-c5cccc(-c6cccc(-c7cnc8c9ccccc9c9ccccc9c8n7)c6)c5)cc(-c5ccccc5)cc4c3c2)cc1. The van der Waals surface area contributed by atoms with Crippen molar-refractivity contribution < 1.29 is 0 Å². The number of thiophene rings is 1. The van der Waals surface area contributed by atoms with Crippen LogP contribution in [0.4, 0.5) is 0 Å². The van der Waals surface area contributed by atoms with Gasteiger partial charge in [-0.3, -0.25) is 4.98 Å². The largest absolute Gasteiger partial charge is 0.252 e. The van der Waals surface area contributed by atoms with E-state index in [4.69, 9.17) is 9.97 Å². The molecule has 0 aliphatic rings. The molecular weight excluding hydrogens is 685 g/mol. The molecule has 9 aromatic carbocycles. The van der Waals surface area contributed by atoms with E-state index in [2.05, 4.69) is 188 Å². The van der Waals surface area contributed by atoms with Gasteiger partial charge in [0, 0.05) is 42.1 Å². The second-order valence-corrected chi connectivity index (χ2v) is 15.2. The topological polar surface area (TPSA) is 25.8 Å². The van der Waals surface area contributed by atoms with E-state index in [1.54, 1.807) is 0 Å². The van der Waals surface area contributed by atoms with E-state index in [1.807, 2.05) is 17.5 Å².